The van der Waals surface area contributed by atoms with E-state index in [0.717, 1.165) is 12.1 Å². The van der Waals surface area contributed by atoms with Crippen LogP contribution in [-0.4, -0.2) is 24.7 Å². The predicted molar refractivity (Wildman–Crippen MR) is 96.5 cm³/mol. The number of nitrogens with one attached hydrogen (secondary N) is 1. The predicted octanol–water partition coefficient (Wildman–Crippen LogP) is 3.48. The van der Waals surface area contributed by atoms with Crippen molar-refractivity contribution in [1.82, 2.24) is 24.7 Å². The highest BCUT2D eigenvalue weighted by Gasteiger charge is 2.24. The second-order valence-electron chi connectivity index (χ2n) is 6.25. The maximum atomic E-state index is 13.8. The SMILES string of the molecule is Cc1noc(C(C)n2cnc(-c3ccc(F)c(F)c3)c2-c2ccc[nH]c2=O)n1. The molecule has 3 aromatic heterocycles. The second kappa shape index (κ2) is 6.84. The van der Waals surface area contributed by atoms with Crippen LogP contribution in [0.3, 0.4) is 0 Å². The molecule has 1 unspecified atom stereocenters. The van der Waals surface area contributed by atoms with Gasteiger partial charge in [-0.15, -0.1) is 0 Å². The molecular formula is C19H15F2N5O2. The van der Waals surface area contributed by atoms with Crippen LogP contribution in [0.5, 0.6) is 0 Å². The fourth-order valence-corrected chi connectivity index (χ4v) is 2.99. The lowest BCUT2D eigenvalue weighted by atomic mass is 10.0. The minimum absolute atomic E-state index is 0.322. The van der Waals surface area contributed by atoms with Crippen LogP contribution in [0.15, 0.2) is 52.2 Å². The van der Waals surface area contributed by atoms with Gasteiger partial charge in [0.2, 0.25) is 5.89 Å². The Morgan fingerprint density at radius 2 is 2.04 bits per heavy atom. The number of nitrogens with zero attached hydrogens (tertiary/aromatic N) is 4. The minimum Gasteiger partial charge on any atom is -0.337 e. The van der Waals surface area contributed by atoms with E-state index in [9.17, 15) is 13.6 Å². The molecule has 1 N–H and O–H groups in total. The van der Waals surface area contributed by atoms with Crippen molar-refractivity contribution in [1.29, 1.82) is 0 Å². The van der Waals surface area contributed by atoms with Crippen molar-refractivity contribution in [2.24, 2.45) is 0 Å². The van der Waals surface area contributed by atoms with E-state index in [0.29, 0.717) is 34.2 Å². The van der Waals surface area contributed by atoms with Crippen LogP contribution >= 0.6 is 0 Å². The second-order valence-corrected chi connectivity index (χ2v) is 6.25. The van der Waals surface area contributed by atoms with E-state index in [-0.39, 0.29) is 5.56 Å². The van der Waals surface area contributed by atoms with Crippen molar-refractivity contribution in [3.63, 3.8) is 0 Å². The Labute approximate surface area is 157 Å². The summed E-state index contributed by atoms with van der Waals surface area (Å²) in [7, 11) is 0. The van der Waals surface area contributed by atoms with E-state index in [2.05, 4.69) is 20.1 Å². The number of rotatable bonds is 4. The van der Waals surface area contributed by atoms with Crippen molar-refractivity contribution in [3.05, 3.63) is 76.6 Å². The molecule has 3 heterocycles. The first-order valence-corrected chi connectivity index (χ1v) is 8.46. The number of H-pyrrole nitrogens is 1. The third-order valence-electron chi connectivity index (χ3n) is 4.38. The van der Waals surface area contributed by atoms with Gasteiger partial charge in [0.15, 0.2) is 17.5 Å². The number of pyridine rings is 1. The van der Waals surface area contributed by atoms with E-state index in [4.69, 9.17) is 4.52 Å². The number of aromatic nitrogens is 5. The summed E-state index contributed by atoms with van der Waals surface area (Å²) in [6.07, 6.45) is 3.01. The van der Waals surface area contributed by atoms with E-state index in [1.165, 1.54) is 18.6 Å². The maximum Gasteiger partial charge on any atom is 0.257 e. The zero-order valence-electron chi connectivity index (χ0n) is 15.0. The smallest absolute Gasteiger partial charge is 0.257 e. The number of halogens is 2. The van der Waals surface area contributed by atoms with Gasteiger partial charge in [-0.2, -0.15) is 4.98 Å². The van der Waals surface area contributed by atoms with E-state index < -0.39 is 17.7 Å². The van der Waals surface area contributed by atoms with Gasteiger partial charge >= 0.3 is 0 Å². The third kappa shape index (κ3) is 3.00. The Morgan fingerprint density at radius 1 is 1.21 bits per heavy atom. The third-order valence-corrected chi connectivity index (χ3v) is 4.38. The van der Waals surface area contributed by atoms with Crippen LogP contribution in [0, 0.1) is 18.6 Å². The Morgan fingerprint density at radius 3 is 2.71 bits per heavy atom. The molecule has 0 amide bonds. The Balaban J connectivity index is 1.95. The molecule has 28 heavy (non-hydrogen) atoms. The van der Waals surface area contributed by atoms with Crippen LogP contribution in [-0.2, 0) is 0 Å². The highest BCUT2D eigenvalue weighted by molar-refractivity contribution is 5.78. The van der Waals surface area contributed by atoms with Gasteiger partial charge in [-0.25, -0.2) is 13.8 Å². The molecule has 1 atom stereocenters. The number of hydrogen-bond donors (Lipinski definition) is 1. The van der Waals surface area contributed by atoms with Crippen LogP contribution in [0.4, 0.5) is 8.78 Å². The Bertz CT molecular complexity index is 1210. The molecule has 4 rings (SSSR count). The highest BCUT2D eigenvalue weighted by Crippen LogP contribution is 2.33. The maximum absolute atomic E-state index is 13.8. The van der Waals surface area contributed by atoms with Gasteiger partial charge in [0, 0.05) is 11.8 Å². The van der Waals surface area contributed by atoms with Crippen molar-refractivity contribution in [2.75, 3.05) is 0 Å². The lowest BCUT2D eigenvalue weighted by Crippen LogP contribution is -2.14. The molecule has 0 aliphatic rings. The first kappa shape index (κ1) is 17.8. The van der Waals surface area contributed by atoms with E-state index in [1.807, 2.05) is 6.92 Å². The van der Waals surface area contributed by atoms with Gasteiger partial charge < -0.3 is 14.1 Å². The summed E-state index contributed by atoms with van der Waals surface area (Å²) in [5, 5.41) is 3.79. The van der Waals surface area contributed by atoms with Gasteiger partial charge in [-0.3, -0.25) is 4.79 Å². The molecule has 0 bridgehead atoms. The van der Waals surface area contributed by atoms with Crippen molar-refractivity contribution in [2.45, 2.75) is 19.9 Å². The molecule has 0 saturated heterocycles. The number of benzene rings is 1. The molecule has 0 aliphatic carbocycles. The summed E-state index contributed by atoms with van der Waals surface area (Å²) in [5.74, 6) is -1.15. The molecule has 4 aromatic rings. The summed E-state index contributed by atoms with van der Waals surface area (Å²) in [6.45, 7) is 3.51. The van der Waals surface area contributed by atoms with Crippen LogP contribution < -0.4 is 5.56 Å². The van der Waals surface area contributed by atoms with E-state index in [1.54, 1.807) is 23.6 Å². The zero-order chi connectivity index (χ0) is 19.8. The average Bonchev–Trinajstić information content (AvgIpc) is 3.30. The fourth-order valence-electron chi connectivity index (χ4n) is 2.99. The average molecular weight is 383 g/mol. The normalized spacial score (nSPS) is 12.3. The van der Waals surface area contributed by atoms with Crippen LogP contribution in [0.25, 0.3) is 22.5 Å². The van der Waals surface area contributed by atoms with Gasteiger partial charge in [0.1, 0.15) is 6.04 Å². The Hall–Kier alpha value is -3.62. The first-order chi connectivity index (χ1) is 13.5. The molecule has 1 aromatic carbocycles. The van der Waals surface area contributed by atoms with Crippen LogP contribution in [0.2, 0.25) is 0 Å². The molecule has 0 fully saturated rings. The summed E-state index contributed by atoms with van der Waals surface area (Å²) >= 11 is 0. The summed E-state index contributed by atoms with van der Waals surface area (Å²) in [5.41, 5.74) is 1.07. The Kier molecular flexibility index (Phi) is 4.34. The lowest BCUT2D eigenvalue weighted by molar-refractivity contribution is 0.343. The summed E-state index contributed by atoms with van der Waals surface area (Å²) < 4.78 is 34.1. The molecular weight excluding hydrogens is 368 g/mol. The number of hydrogen-bond acceptors (Lipinski definition) is 5. The van der Waals surface area contributed by atoms with Gasteiger partial charge in [0.05, 0.1) is 23.3 Å². The molecule has 0 spiro atoms. The van der Waals surface area contributed by atoms with Gasteiger partial charge in [-0.05, 0) is 44.2 Å². The molecule has 9 heteroatoms. The number of aryl methyl sites for hydroxylation is 1. The summed E-state index contributed by atoms with van der Waals surface area (Å²) in [6, 6.07) is 6.33. The fraction of sp³-hybridized carbons (Fsp3) is 0.158. The van der Waals surface area contributed by atoms with E-state index >= 15 is 0 Å². The number of aromatic amines is 1. The number of imidazole rings is 1. The van der Waals surface area contributed by atoms with Gasteiger partial charge in [0.25, 0.3) is 5.56 Å². The minimum atomic E-state index is -0.999. The van der Waals surface area contributed by atoms with Crippen molar-refractivity contribution < 1.29 is 13.3 Å². The van der Waals surface area contributed by atoms with Crippen LogP contribution in [0.1, 0.15) is 24.7 Å². The van der Waals surface area contributed by atoms with Crippen molar-refractivity contribution >= 4 is 0 Å². The topological polar surface area (TPSA) is 89.6 Å². The standard InChI is InChI=1S/C19H15F2N5O2/c1-10(19-24-11(2)25-28-19)26-9-23-16(12-5-6-14(20)15(21)8-12)17(26)13-4-3-7-22-18(13)27/h3-10H,1-2H3,(H,22,27). The van der Waals surface area contributed by atoms with Crippen molar-refractivity contribution in [3.8, 4) is 22.5 Å². The monoisotopic (exact) mass is 383 g/mol. The lowest BCUT2D eigenvalue weighted by Gasteiger charge is -2.14. The van der Waals surface area contributed by atoms with Gasteiger partial charge in [-0.1, -0.05) is 5.16 Å². The quantitative estimate of drug-likeness (QED) is 0.583. The molecule has 142 valence electrons. The first-order valence-electron chi connectivity index (χ1n) is 8.46. The largest absolute Gasteiger partial charge is 0.337 e. The molecule has 0 aliphatic heterocycles. The molecule has 7 nitrogen and oxygen atoms in total. The zero-order valence-corrected chi connectivity index (χ0v) is 15.0. The molecule has 0 saturated carbocycles. The summed E-state index contributed by atoms with van der Waals surface area (Å²) in [4.78, 5) is 23.7. The molecule has 0 radical (unpaired) electrons. The highest BCUT2D eigenvalue weighted by atomic mass is 19.2.